The van der Waals surface area contributed by atoms with Crippen LogP contribution in [-0.2, 0) is 0 Å². The lowest BCUT2D eigenvalue weighted by Crippen LogP contribution is -2.15. The first-order valence-electron chi connectivity index (χ1n) is 8.04. The second-order valence-corrected chi connectivity index (χ2v) is 6.11. The Morgan fingerprint density at radius 3 is 2.43 bits per heavy atom. The maximum Gasteiger partial charge on any atom is 0.335 e. The van der Waals surface area contributed by atoms with E-state index < -0.39 is 5.97 Å². The Balaban J connectivity index is 0.00000220. The van der Waals surface area contributed by atoms with E-state index in [2.05, 4.69) is 6.92 Å². The molecule has 2 nitrogen and oxygen atoms in total. The van der Waals surface area contributed by atoms with E-state index in [4.69, 9.17) is 0 Å². The SMILES string of the molecule is CCCCCC1CCC(c2ccccc2C(=O)O)CC1.Cl. The largest absolute Gasteiger partial charge is 0.478 e. The quantitative estimate of drug-likeness (QED) is 0.688. The van der Waals surface area contributed by atoms with Crippen LogP contribution in [0.15, 0.2) is 24.3 Å². The van der Waals surface area contributed by atoms with Crippen LogP contribution in [0.1, 0.15) is 80.1 Å². The molecule has 0 radical (unpaired) electrons. The molecule has 118 valence electrons. The topological polar surface area (TPSA) is 37.3 Å². The molecule has 1 aromatic carbocycles. The van der Waals surface area contributed by atoms with Crippen molar-refractivity contribution in [2.24, 2.45) is 5.92 Å². The minimum atomic E-state index is -0.786. The van der Waals surface area contributed by atoms with Gasteiger partial charge in [-0.3, -0.25) is 0 Å². The number of benzene rings is 1. The summed E-state index contributed by atoms with van der Waals surface area (Å²) in [7, 11) is 0. The van der Waals surface area contributed by atoms with Gasteiger partial charge in [-0.1, -0.05) is 50.8 Å². The highest BCUT2D eigenvalue weighted by atomic mass is 35.5. The number of carboxylic acid groups (broad SMARTS) is 1. The molecule has 1 N–H and O–H groups in total. The number of unbranched alkanes of at least 4 members (excludes halogenated alkanes) is 2. The lowest BCUT2D eigenvalue weighted by molar-refractivity contribution is 0.0694. The molecule has 21 heavy (non-hydrogen) atoms. The molecule has 1 aliphatic carbocycles. The van der Waals surface area contributed by atoms with Crippen molar-refractivity contribution in [1.29, 1.82) is 0 Å². The van der Waals surface area contributed by atoms with E-state index in [9.17, 15) is 9.90 Å². The van der Waals surface area contributed by atoms with Crippen molar-refractivity contribution in [3.05, 3.63) is 35.4 Å². The predicted molar refractivity (Wildman–Crippen MR) is 89.5 cm³/mol. The van der Waals surface area contributed by atoms with Crippen LogP contribution in [0.5, 0.6) is 0 Å². The van der Waals surface area contributed by atoms with E-state index in [0.717, 1.165) is 24.3 Å². The van der Waals surface area contributed by atoms with Crippen LogP contribution in [-0.4, -0.2) is 11.1 Å². The van der Waals surface area contributed by atoms with Crippen molar-refractivity contribution < 1.29 is 9.90 Å². The highest BCUT2D eigenvalue weighted by Gasteiger charge is 2.24. The normalized spacial score (nSPS) is 21.6. The standard InChI is InChI=1S/C18H26O2.ClH/c1-2-3-4-7-14-10-12-15(13-11-14)16-8-5-6-9-17(16)18(19)20;/h5-6,8-9,14-15H,2-4,7,10-13H2,1H3,(H,19,20);1H. The summed E-state index contributed by atoms with van der Waals surface area (Å²) in [4.78, 5) is 11.3. The second kappa shape index (κ2) is 9.09. The van der Waals surface area contributed by atoms with Gasteiger partial charge in [-0.05, 0) is 49.1 Å². The molecule has 0 bridgehead atoms. The predicted octanol–water partition coefficient (Wildman–Crippen LogP) is 5.66. The van der Waals surface area contributed by atoms with Gasteiger partial charge >= 0.3 is 5.97 Å². The van der Waals surface area contributed by atoms with Gasteiger partial charge in [0.15, 0.2) is 0 Å². The summed E-state index contributed by atoms with van der Waals surface area (Å²) in [6.45, 7) is 2.25. The van der Waals surface area contributed by atoms with Gasteiger partial charge in [0.25, 0.3) is 0 Å². The fourth-order valence-electron chi connectivity index (χ4n) is 3.49. The molecule has 0 heterocycles. The molecule has 1 aliphatic rings. The van der Waals surface area contributed by atoms with Crippen LogP contribution in [0, 0.1) is 5.92 Å². The fraction of sp³-hybridized carbons (Fsp3) is 0.611. The summed E-state index contributed by atoms with van der Waals surface area (Å²) in [5.41, 5.74) is 1.55. The molecule has 1 aromatic rings. The van der Waals surface area contributed by atoms with Crippen LogP contribution in [0.2, 0.25) is 0 Å². The van der Waals surface area contributed by atoms with Gasteiger partial charge < -0.3 is 5.11 Å². The molecular weight excluding hydrogens is 284 g/mol. The molecule has 1 saturated carbocycles. The van der Waals surface area contributed by atoms with Crippen LogP contribution in [0.4, 0.5) is 0 Å². The third-order valence-electron chi connectivity index (χ3n) is 4.69. The van der Waals surface area contributed by atoms with Gasteiger partial charge in [-0.15, -0.1) is 12.4 Å². The van der Waals surface area contributed by atoms with Crippen molar-refractivity contribution in [2.75, 3.05) is 0 Å². The number of halogens is 1. The van der Waals surface area contributed by atoms with E-state index in [-0.39, 0.29) is 12.4 Å². The van der Waals surface area contributed by atoms with Crippen molar-refractivity contribution in [3.8, 4) is 0 Å². The summed E-state index contributed by atoms with van der Waals surface area (Å²) in [5.74, 6) is 0.533. The van der Waals surface area contributed by atoms with Crippen LogP contribution in [0.3, 0.4) is 0 Å². The molecule has 0 spiro atoms. The maximum absolute atomic E-state index is 11.3. The van der Waals surface area contributed by atoms with Gasteiger partial charge in [-0.25, -0.2) is 4.79 Å². The zero-order chi connectivity index (χ0) is 14.4. The molecule has 0 unspecified atom stereocenters. The van der Waals surface area contributed by atoms with Gasteiger partial charge in [0.05, 0.1) is 5.56 Å². The molecule has 1 fully saturated rings. The lowest BCUT2D eigenvalue weighted by atomic mass is 9.76. The lowest BCUT2D eigenvalue weighted by Gasteiger charge is -2.29. The Hall–Kier alpha value is -1.02. The van der Waals surface area contributed by atoms with Crippen molar-refractivity contribution >= 4 is 18.4 Å². The third-order valence-corrected chi connectivity index (χ3v) is 4.69. The van der Waals surface area contributed by atoms with Gasteiger partial charge in [0.1, 0.15) is 0 Å². The zero-order valence-electron chi connectivity index (χ0n) is 12.9. The Morgan fingerprint density at radius 2 is 1.81 bits per heavy atom. The molecule has 0 amide bonds. The molecular formula is C18H27ClO2. The Labute approximate surface area is 134 Å². The number of hydrogen-bond acceptors (Lipinski definition) is 1. The van der Waals surface area contributed by atoms with Crippen molar-refractivity contribution in [2.45, 2.75) is 64.2 Å². The van der Waals surface area contributed by atoms with Crippen LogP contribution >= 0.6 is 12.4 Å². The van der Waals surface area contributed by atoms with Gasteiger partial charge in [0, 0.05) is 0 Å². The molecule has 0 saturated heterocycles. The van der Waals surface area contributed by atoms with E-state index in [1.54, 1.807) is 6.07 Å². The summed E-state index contributed by atoms with van der Waals surface area (Å²) in [6.07, 6.45) is 10.2. The average Bonchev–Trinajstić information content (AvgIpc) is 2.48. The number of aromatic carboxylic acids is 1. The first-order chi connectivity index (χ1) is 9.72. The molecule has 2 rings (SSSR count). The third kappa shape index (κ3) is 5.03. The maximum atomic E-state index is 11.3. The smallest absolute Gasteiger partial charge is 0.335 e. The minimum absolute atomic E-state index is 0. The molecule has 0 aromatic heterocycles. The number of carbonyl (C=O) groups is 1. The van der Waals surface area contributed by atoms with Crippen molar-refractivity contribution in [1.82, 2.24) is 0 Å². The zero-order valence-corrected chi connectivity index (χ0v) is 13.7. The first-order valence-corrected chi connectivity index (χ1v) is 8.04. The first kappa shape index (κ1) is 18.0. The molecule has 0 aliphatic heterocycles. The van der Waals surface area contributed by atoms with E-state index in [1.165, 1.54) is 38.5 Å². The summed E-state index contributed by atoms with van der Waals surface area (Å²) >= 11 is 0. The van der Waals surface area contributed by atoms with Crippen LogP contribution in [0.25, 0.3) is 0 Å². The van der Waals surface area contributed by atoms with Crippen LogP contribution < -0.4 is 0 Å². The minimum Gasteiger partial charge on any atom is -0.478 e. The fourth-order valence-corrected chi connectivity index (χ4v) is 3.49. The number of carboxylic acids is 1. The van der Waals surface area contributed by atoms with E-state index >= 15 is 0 Å². The highest BCUT2D eigenvalue weighted by molar-refractivity contribution is 5.89. The van der Waals surface area contributed by atoms with E-state index in [1.807, 2.05) is 18.2 Å². The van der Waals surface area contributed by atoms with Gasteiger partial charge in [0.2, 0.25) is 0 Å². The average molecular weight is 311 g/mol. The highest BCUT2D eigenvalue weighted by Crippen LogP contribution is 2.38. The molecule has 3 heteroatoms. The Morgan fingerprint density at radius 1 is 1.14 bits per heavy atom. The molecule has 0 atom stereocenters. The van der Waals surface area contributed by atoms with E-state index in [0.29, 0.717) is 11.5 Å². The Bertz CT molecular complexity index is 437. The number of rotatable bonds is 6. The number of hydrogen-bond donors (Lipinski definition) is 1. The summed E-state index contributed by atoms with van der Waals surface area (Å²) < 4.78 is 0. The van der Waals surface area contributed by atoms with Gasteiger partial charge in [-0.2, -0.15) is 0 Å². The monoisotopic (exact) mass is 310 g/mol. The van der Waals surface area contributed by atoms with Crippen molar-refractivity contribution in [3.63, 3.8) is 0 Å². The second-order valence-electron chi connectivity index (χ2n) is 6.11. The summed E-state index contributed by atoms with van der Waals surface area (Å²) in [5, 5.41) is 9.29. The summed E-state index contributed by atoms with van der Waals surface area (Å²) in [6, 6.07) is 7.54. The Kier molecular flexibility index (Phi) is 7.81.